The van der Waals surface area contributed by atoms with E-state index in [1.807, 2.05) is 20.9 Å². The Morgan fingerprint density at radius 3 is 2.45 bits per heavy atom. The number of carboxylic acids is 1. The van der Waals surface area contributed by atoms with Gasteiger partial charge in [0.2, 0.25) is 0 Å². The summed E-state index contributed by atoms with van der Waals surface area (Å²) in [5, 5.41) is 11.6. The minimum Gasteiger partial charge on any atom is -0.481 e. The summed E-state index contributed by atoms with van der Waals surface area (Å²) in [4.78, 5) is 24.2. The predicted octanol–water partition coefficient (Wildman–Crippen LogP) is 2.71. The van der Waals surface area contributed by atoms with Gasteiger partial charge in [-0.15, -0.1) is 0 Å². The number of hydrogen-bond acceptors (Lipinski definition) is 2. The lowest BCUT2D eigenvalue weighted by atomic mass is 9.84. The standard InChI is InChI=1S/C15H28N2O3/c1-15(2,8-7-13(18)19)9-10-16-14(20)17(3)11-12-5-4-6-12/h12H,4-11H2,1-3H3,(H,16,20)(H,18,19). The second-order valence-electron chi connectivity index (χ2n) is 6.72. The van der Waals surface area contributed by atoms with E-state index >= 15 is 0 Å². The molecule has 1 aliphatic rings. The molecule has 0 radical (unpaired) electrons. The lowest BCUT2D eigenvalue weighted by Crippen LogP contribution is -2.42. The van der Waals surface area contributed by atoms with Gasteiger partial charge in [0.05, 0.1) is 0 Å². The van der Waals surface area contributed by atoms with E-state index in [1.54, 1.807) is 4.90 Å². The summed E-state index contributed by atoms with van der Waals surface area (Å²) in [6.07, 6.45) is 5.37. The molecule has 0 aromatic rings. The molecule has 5 heteroatoms. The minimum absolute atomic E-state index is 0.0223. The highest BCUT2D eigenvalue weighted by Crippen LogP contribution is 2.27. The molecule has 5 nitrogen and oxygen atoms in total. The summed E-state index contributed by atoms with van der Waals surface area (Å²) in [5.41, 5.74) is -0.0573. The summed E-state index contributed by atoms with van der Waals surface area (Å²) in [5.74, 6) is -0.0832. The van der Waals surface area contributed by atoms with Crippen molar-refractivity contribution in [2.45, 2.75) is 52.4 Å². The van der Waals surface area contributed by atoms with Gasteiger partial charge >= 0.3 is 12.0 Å². The number of rotatable bonds is 8. The van der Waals surface area contributed by atoms with Crippen molar-refractivity contribution >= 4 is 12.0 Å². The van der Waals surface area contributed by atoms with E-state index in [-0.39, 0.29) is 17.9 Å². The van der Waals surface area contributed by atoms with Gasteiger partial charge in [-0.3, -0.25) is 4.79 Å². The normalized spacial score (nSPS) is 15.6. The molecule has 0 atom stereocenters. The zero-order valence-electron chi connectivity index (χ0n) is 12.9. The predicted molar refractivity (Wildman–Crippen MR) is 78.6 cm³/mol. The maximum absolute atomic E-state index is 11.9. The fourth-order valence-electron chi connectivity index (χ4n) is 2.36. The van der Waals surface area contributed by atoms with Crippen LogP contribution in [0.1, 0.15) is 52.4 Å². The van der Waals surface area contributed by atoms with Crippen molar-refractivity contribution in [3.63, 3.8) is 0 Å². The number of carbonyl (C=O) groups excluding carboxylic acids is 1. The molecule has 1 saturated carbocycles. The quantitative estimate of drug-likeness (QED) is 0.720. The van der Waals surface area contributed by atoms with Gasteiger partial charge in [-0.1, -0.05) is 20.3 Å². The van der Waals surface area contributed by atoms with Gasteiger partial charge in [-0.2, -0.15) is 0 Å². The van der Waals surface area contributed by atoms with Gasteiger partial charge < -0.3 is 15.3 Å². The molecule has 1 fully saturated rings. The smallest absolute Gasteiger partial charge is 0.317 e. The number of hydrogen-bond donors (Lipinski definition) is 2. The molecule has 1 rings (SSSR count). The summed E-state index contributed by atoms with van der Waals surface area (Å²) in [6.45, 7) is 5.52. The largest absolute Gasteiger partial charge is 0.481 e. The van der Waals surface area contributed by atoms with Crippen molar-refractivity contribution < 1.29 is 14.7 Å². The van der Waals surface area contributed by atoms with Crippen LogP contribution < -0.4 is 5.32 Å². The van der Waals surface area contributed by atoms with Crippen molar-refractivity contribution in [3.8, 4) is 0 Å². The number of urea groups is 1. The SMILES string of the molecule is CN(CC1CCC1)C(=O)NCCC(C)(C)CCC(=O)O. The van der Waals surface area contributed by atoms with Crippen LogP contribution in [0.25, 0.3) is 0 Å². The fourth-order valence-corrected chi connectivity index (χ4v) is 2.36. The van der Waals surface area contributed by atoms with E-state index in [0.29, 0.717) is 18.9 Å². The molecule has 0 bridgehead atoms. The third-order valence-corrected chi connectivity index (χ3v) is 4.20. The maximum atomic E-state index is 11.9. The highest BCUT2D eigenvalue weighted by atomic mass is 16.4. The molecule has 20 heavy (non-hydrogen) atoms. The first-order valence-electron chi connectivity index (χ1n) is 7.51. The van der Waals surface area contributed by atoms with Crippen LogP contribution in [0.15, 0.2) is 0 Å². The van der Waals surface area contributed by atoms with Crippen molar-refractivity contribution in [1.82, 2.24) is 10.2 Å². The number of nitrogens with zero attached hydrogens (tertiary/aromatic N) is 1. The van der Waals surface area contributed by atoms with Crippen LogP contribution >= 0.6 is 0 Å². The van der Waals surface area contributed by atoms with Crippen molar-refractivity contribution in [2.24, 2.45) is 11.3 Å². The van der Waals surface area contributed by atoms with Gasteiger partial charge in [-0.25, -0.2) is 4.79 Å². The van der Waals surface area contributed by atoms with E-state index in [4.69, 9.17) is 5.11 Å². The molecule has 0 unspecified atom stereocenters. The highest BCUT2D eigenvalue weighted by molar-refractivity contribution is 5.73. The molecule has 0 aromatic heterocycles. The molecule has 0 heterocycles. The Morgan fingerprint density at radius 1 is 1.30 bits per heavy atom. The molecule has 0 spiro atoms. The second-order valence-corrected chi connectivity index (χ2v) is 6.72. The number of carbonyl (C=O) groups is 2. The molecule has 1 aliphatic carbocycles. The molecule has 0 aromatic carbocycles. The van der Waals surface area contributed by atoms with Crippen LogP contribution in [0, 0.1) is 11.3 Å². The van der Waals surface area contributed by atoms with E-state index < -0.39 is 5.97 Å². The van der Waals surface area contributed by atoms with Gasteiger partial charge in [0.25, 0.3) is 0 Å². The Kier molecular flexibility index (Phi) is 6.30. The first-order chi connectivity index (χ1) is 9.30. The van der Waals surface area contributed by atoms with Crippen molar-refractivity contribution in [2.75, 3.05) is 20.1 Å². The lowest BCUT2D eigenvalue weighted by molar-refractivity contribution is -0.137. The molecule has 2 N–H and O–H groups in total. The molecule has 2 amide bonds. The van der Waals surface area contributed by atoms with E-state index in [0.717, 1.165) is 13.0 Å². The molecule has 116 valence electrons. The lowest BCUT2D eigenvalue weighted by Gasteiger charge is -2.30. The van der Waals surface area contributed by atoms with Crippen molar-refractivity contribution in [3.05, 3.63) is 0 Å². The zero-order chi connectivity index (χ0) is 15.2. The Hall–Kier alpha value is -1.26. The van der Waals surface area contributed by atoms with Crippen LogP contribution in [0.5, 0.6) is 0 Å². The van der Waals surface area contributed by atoms with Crippen LogP contribution in [0.3, 0.4) is 0 Å². The Bertz CT molecular complexity index is 338. The molecular weight excluding hydrogens is 256 g/mol. The monoisotopic (exact) mass is 284 g/mol. The molecule has 0 aliphatic heterocycles. The van der Waals surface area contributed by atoms with Gasteiger partial charge in [-0.05, 0) is 37.0 Å². The van der Waals surface area contributed by atoms with Gasteiger partial charge in [0.15, 0.2) is 0 Å². The van der Waals surface area contributed by atoms with Crippen LogP contribution in [0.4, 0.5) is 4.79 Å². The Labute approximate surface area is 121 Å². The topological polar surface area (TPSA) is 69.6 Å². The second kappa shape index (κ2) is 7.50. The average molecular weight is 284 g/mol. The van der Waals surface area contributed by atoms with E-state index in [2.05, 4.69) is 5.32 Å². The summed E-state index contributed by atoms with van der Waals surface area (Å²) >= 11 is 0. The Balaban J connectivity index is 2.17. The maximum Gasteiger partial charge on any atom is 0.317 e. The van der Waals surface area contributed by atoms with Gasteiger partial charge in [0.1, 0.15) is 0 Å². The van der Waals surface area contributed by atoms with Crippen molar-refractivity contribution in [1.29, 1.82) is 0 Å². The minimum atomic E-state index is -0.762. The first-order valence-corrected chi connectivity index (χ1v) is 7.51. The Morgan fingerprint density at radius 2 is 1.95 bits per heavy atom. The average Bonchev–Trinajstić information content (AvgIpc) is 2.30. The number of nitrogens with one attached hydrogen (secondary N) is 1. The zero-order valence-corrected chi connectivity index (χ0v) is 12.9. The number of amides is 2. The fraction of sp³-hybridized carbons (Fsp3) is 0.867. The van der Waals surface area contributed by atoms with E-state index in [1.165, 1.54) is 19.3 Å². The summed E-state index contributed by atoms with van der Waals surface area (Å²) in [7, 11) is 1.84. The van der Waals surface area contributed by atoms with Gasteiger partial charge in [0, 0.05) is 26.6 Å². The molecular formula is C15H28N2O3. The van der Waals surface area contributed by atoms with E-state index in [9.17, 15) is 9.59 Å². The summed E-state index contributed by atoms with van der Waals surface area (Å²) < 4.78 is 0. The van der Waals surface area contributed by atoms with Crippen LogP contribution in [-0.2, 0) is 4.79 Å². The third-order valence-electron chi connectivity index (χ3n) is 4.20. The van der Waals surface area contributed by atoms with Crippen LogP contribution in [-0.4, -0.2) is 42.1 Å². The first kappa shape index (κ1) is 16.8. The third kappa shape index (κ3) is 6.26. The molecule has 0 saturated heterocycles. The number of carboxylic acid groups (broad SMARTS) is 1. The highest BCUT2D eigenvalue weighted by Gasteiger charge is 2.22. The number of aliphatic carboxylic acids is 1. The van der Waals surface area contributed by atoms with Crippen LogP contribution in [0.2, 0.25) is 0 Å². The summed E-state index contributed by atoms with van der Waals surface area (Å²) in [6, 6.07) is -0.0223.